The second-order valence-corrected chi connectivity index (χ2v) is 8.51. The number of rotatable bonds is 4. The number of hydrogen-bond donors (Lipinski definition) is 0. The fraction of sp³-hybridized carbons (Fsp3) is 0.750. The molecule has 1 atom stereocenters. The van der Waals surface area contributed by atoms with Crippen molar-refractivity contribution in [3.63, 3.8) is 0 Å². The monoisotopic (exact) mass is 388 g/mol. The lowest BCUT2D eigenvalue weighted by Gasteiger charge is -2.39. The van der Waals surface area contributed by atoms with Crippen molar-refractivity contribution in [1.82, 2.24) is 8.61 Å². The van der Waals surface area contributed by atoms with Crippen LogP contribution in [0.5, 0.6) is 0 Å². The lowest BCUT2D eigenvalue weighted by molar-refractivity contribution is -1.02. The van der Waals surface area contributed by atoms with E-state index in [9.17, 15) is 38.8 Å². The summed E-state index contributed by atoms with van der Waals surface area (Å²) in [5.41, 5.74) is -5.69. The molecule has 0 aromatic carbocycles. The molecule has 2 aliphatic rings. The van der Waals surface area contributed by atoms with Gasteiger partial charge in [-0.05, 0) is 0 Å². The number of hydroxylamine groups is 3. The third-order valence-corrected chi connectivity index (χ3v) is 5.80. The van der Waals surface area contributed by atoms with E-state index in [1.807, 2.05) is 0 Å². The molecule has 2 rings (SSSR count). The largest absolute Gasteiger partial charge is 0.528 e. The number of quaternary nitrogens is 1. The summed E-state index contributed by atoms with van der Waals surface area (Å²) in [6, 6.07) is 0. The molecule has 8 nitrogen and oxygen atoms in total. The standard InChI is InChI=1S/C8H11F5N3O5S2/c1-16(21-22(17,18)8(11,12)13)3-2-14(6-16)23(19,20)15-4-7(9,10)5-15/h2-3H,4-6H2,1H3/q+1. The number of alkyl halides is 5. The van der Waals surface area contributed by atoms with Crippen LogP contribution in [-0.4, -0.2) is 68.3 Å². The zero-order valence-corrected chi connectivity index (χ0v) is 13.0. The summed E-state index contributed by atoms with van der Waals surface area (Å²) in [5, 5.41) is 0. The van der Waals surface area contributed by atoms with Gasteiger partial charge in [-0.15, -0.1) is 4.65 Å². The van der Waals surface area contributed by atoms with E-state index in [1.165, 1.54) is 0 Å². The van der Waals surface area contributed by atoms with Crippen molar-refractivity contribution < 1.29 is 47.7 Å². The molecule has 15 heteroatoms. The first-order valence-electron chi connectivity index (χ1n) is 5.80. The summed E-state index contributed by atoms with van der Waals surface area (Å²) >= 11 is 0. The van der Waals surface area contributed by atoms with Gasteiger partial charge in [0, 0.05) is 0 Å². The zero-order chi connectivity index (χ0) is 17.9. The van der Waals surface area contributed by atoms with Crippen molar-refractivity contribution in [2.45, 2.75) is 11.4 Å². The Balaban J connectivity index is 2.11. The number of nitrogens with zero attached hydrogens (tertiary/aromatic N) is 3. The van der Waals surface area contributed by atoms with Crippen LogP contribution in [-0.2, 0) is 24.6 Å². The molecule has 0 aromatic heterocycles. The first-order chi connectivity index (χ1) is 10.1. The number of halogens is 5. The van der Waals surface area contributed by atoms with Gasteiger partial charge in [0.15, 0.2) is 0 Å². The molecular weight excluding hydrogens is 377 g/mol. The summed E-state index contributed by atoms with van der Waals surface area (Å²) < 4.78 is 112. The van der Waals surface area contributed by atoms with Gasteiger partial charge in [0.25, 0.3) is 5.92 Å². The molecule has 0 aliphatic carbocycles. The van der Waals surface area contributed by atoms with Crippen molar-refractivity contribution in [2.24, 2.45) is 0 Å². The average molecular weight is 388 g/mol. The van der Waals surface area contributed by atoms with Crippen LogP contribution in [0.25, 0.3) is 0 Å². The molecule has 0 radical (unpaired) electrons. The molecule has 2 aliphatic heterocycles. The van der Waals surface area contributed by atoms with E-state index in [0.717, 1.165) is 19.4 Å². The minimum atomic E-state index is -5.97. The summed E-state index contributed by atoms with van der Waals surface area (Å²) in [6.07, 6.45) is 1.48. The van der Waals surface area contributed by atoms with E-state index in [4.69, 9.17) is 0 Å². The molecule has 0 spiro atoms. The maximum absolute atomic E-state index is 12.7. The van der Waals surface area contributed by atoms with E-state index in [0.29, 0.717) is 8.61 Å². The second kappa shape index (κ2) is 4.98. The fourth-order valence-corrected chi connectivity index (χ4v) is 4.05. The molecule has 1 fully saturated rings. The molecule has 1 saturated heterocycles. The van der Waals surface area contributed by atoms with Crippen LogP contribution in [0.4, 0.5) is 22.0 Å². The summed E-state index contributed by atoms with van der Waals surface area (Å²) in [4.78, 5) is 0. The Labute approximate surface area is 128 Å². The van der Waals surface area contributed by atoms with Crippen LogP contribution < -0.4 is 0 Å². The minimum absolute atomic E-state index is 0.408. The maximum Gasteiger partial charge on any atom is 0.528 e. The first-order valence-corrected chi connectivity index (χ1v) is 8.60. The molecule has 23 heavy (non-hydrogen) atoms. The molecular formula is C8H11F5N3O5S2+. The van der Waals surface area contributed by atoms with Crippen LogP contribution in [0, 0.1) is 0 Å². The lowest BCUT2D eigenvalue weighted by atomic mass is 10.2. The van der Waals surface area contributed by atoms with Gasteiger partial charge in [0.1, 0.15) is 13.2 Å². The average Bonchev–Trinajstić information content (AvgIpc) is 2.66. The highest BCUT2D eigenvalue weighted by Crippen LogP contribution is 2.34. The minimum Gasteiger partial charge on any atom is -0.207 e. The summed E-state index contributed by atoms with van der Waals surface area (Å²) in [6.45, 7) is -2.99. The van der Waals surface area contributed by atoms with E-state index in [2.05, 4.69) is 4.28 Å². The second-order valence-electron chi connectivity index (χ2n) is 5.11. The highest BCUT2D eigenvalue weighted by Gasteiger charge is 2.56. The highest BCUT2D eigenvalue weighted by molar-refractivity contribution is 7.87. The predicted octanol–water partition coefficient (Wildman–Crippen LogP) is 0.154. The molecule has 1 unspecified atom stereocenters. The normalized spacial score (nSPS) is 28.9. The quantitative estimate of drug-likeness (QED) is 0.389. The molecule has 0 N–H and O–H groups in total. The molecule has 0 saturated carbocycles. The van der Waals surface area contributed by atoms with Crippen molar-refractivity contribution in [3.05, 3.63) is 12.4 Å². The van der Waals surface area contributed by atoms with Crippen molar-refractivity contribution >= 4 is 20.3 Å². The van der Waals surface area contributed by atoms with Crippen molar-refractivity contribution in [3.8, 4) is 0 Å². The van der Waals surface area contributed by atoms with Gasteiger partial charge in [-0.2, -0.15) is 34.3 Å². The van der Waals surface area contributed by atoms with Crippen LogP contribution in [0.2, 0.25) is 0 Å². The van der Waals surface area contributed by atoms with Gasteiger partial charge >= 0.3 is 25.8 Å². The van der Waals surface area contributed by atoms with Crippen molar-refractivity contribution in [2.75, 3.05) is 26.8 Å². The van der Waals surface area contributed by atoms with Crippen LogP contribution in [0.3, 0.4) is 0 Å². The van der Waals surface area contributed by atoms with E-state index < -0.39 is 56.2 Å². The molecule has 134 valence electrons. The van der Waals surface area contributed by atoms with Crippen LogP contribution in [0.1, 0.15) is 0 Å². The Bertz CT molecular complexity index is 726. The van der Waals surface area contributed by atoms with E-state index in [1.54, 1.807) is 0 Å². The topological polar surface area (TPSA) is 84.0 Å². The molecule has 0 aromatic rings. The molecule has 2 heterocycles. The molecule has 0 amide bonds. The van der Waals surface area contributed by atoms with Gasteiger partial charge < -0.3 is 0 Å². The van der Waals surface area contributed by atoms with Gasteiger partial charge in [-0.1, -0.05) is 4.28 Å². The first kappa shape index (κ1) is 18.3. The van der Waals surface area contributed by atoms with E-state index >= 15 is 0 Å². The van der Waals surface area contributed by atoms with Crippen molar-refractivity contribution in [1.29, 1.82) is 0 Å². The summed E-state index contributed by atoms with van der Waals surface area (Å²) in [7, 11) is -9.52. The van der Waals surface area contributed by atoms with Gasteiger partial charge in [0.05, 0.1) is 19.3 Å². The van der Waals surface area contributed by atoms with Crippen LogP contribution in [0.15, 0.2) is 12.4 Å². The SMILES string of the molecule is C[N+]1(OS(=O)(=O)C(F)(F)F)C=CN(S(=O)(=O)N2CC(F)(F)C2)C1. The van der Waals surface area contributed by atoms with Gasteiger partial charge in [-0.3, -0.25) is 0 Å². The van der Waals surface area contributed by atoms with E-state index in [-0.39, 0.29) is 0 Å². The Kier molecular flexibility index (Phi) is 3.97. The molecule has 0 bridgehead atoms. The predicted molar refractivity (Wildman–Crippen MR) is 63.5 cm³/mol. The fourth-order valence-electron chi connectivity index (χ4n) is 1.83. The Morgan fingerprint density at radius 1 is 1.17 bits per heavy atom. The third-order valence-electron chi connectivity index (χ3n) is 2.96. The summed E-state index contributed by atoms with van der Waals surface area (Å²) in [5.74, 6) is -3.18. The smallest absolute Gasteiger partial charge is 0.207 e. The zero-order valence-electron chi connectivity index (χ0n) is 11.4. The third kappa shape index (κ3) is 3.42. The maximum atomic E-state index is 12.7. The Hall–Kier alpha value is -1.03. The van der Waals surface area contributed by atoms with Gasteiger partial charge in [0.2, 0.25) is 6.67 Å². The van der Waals surface area contributed by atoms with Crippen LogP contribution >= 0.6 is 0 Å². The lowest BCUT2D eigenvalue weighted by Crippen LogP contribution is -2.61. The highest BCUT2D eigenvalue weighted by atomic mass is 32.2. The Morgan fingerprint density at radius 3 is 2.13 bits per heavy atom. The Morgan fingerprint density at radius 2 is 1.70 bits per heavy atom. The van der Waals surface area contributed by atoms with Gasteiger partial charge in [-0.25, -0.2) is 13.1 Å². The number of hydrogen-bond acceptors (Lipinski definition) is 5.